The number of hydrogen-bond acceptors (Lipinski definition) is 3. The first-order valence-corrected chi connectivity index (χ1v) is 8.74. The predicted molar refractivity (Wildman–Crippen MR) is 99.9 cm³/mol. The van der Waals surface area contributed by atoms with Crippen molar-refractivity contribution in [1.29, 1.82) is 0 Å². The summed E-state index contributed by atoms with van der Waals surface area (Å²) in [6.45, 7) is 1.05. The van der Waals surface area contributed by atoms with Gasteiger partial charge in [0.2, 0.25) is 0 Å². The van der Waals surface area contributed by atoms with Gasteiger partial charge in [-0.2, -0.15) is 8.78 Å². The molecule has 0 saturated heterocycles. The van der Waals surface area contributed by atoms with E-state index in [9.17, 15) is 8.78 Å². The second-order valence-electron chi connectivity index (χ2n) is 6.76. The highest BCUT2D eigenvalue weighted by Crippen LogP contribution is 2.40. The van der Waals surface area contributed by atoms with Crippen LogP contribution in [-0.4, -0.2) is 17.6 Å². The number of aryl methyl sites for hydroxylation is 2. The summed E-state index contributed by atoms with van der Waals surface area (Å²) in [5.74, 6) is 0.205. The molecule has 3 nitrogen and oxygen atoms in total. The Balaban J connectivity index is 1.84. The molecule has 1 aliphatic rings. The fourth-order valence-corrected chi connectivity index (χ4v) is 3.30. The molecule has 0 amide bonds. The van der Waals surface area contributed by atoms with Crippen molar-refractivity contribution in [3.05, 3.63) is 53.9 Å². The number of rotatable bonds is 5. The summed E-state index contributed by atoms with van der Waals surface area (Å²) in [4.78, 5) is 4.48. The third kappa shape index (κ3) is 3.34. The molecule has 0 radical (unpaired) electrons. The largest absolute Gasteiger partial charge is 0.432 e. The highest BCUT2D eigenvalue weighted by Gasteiger charge is 2.24. The van der Waals surface area contributed by atoms with Gasteiger partial charge in [0.15, 0.2) is 5.75 Å². The Bertz CT molecular complexity index is 968. The summed E-state index contributed by atoms with van der Waals surface area (Å²) in [5.41, 5.74) is 4.01. The fraction of sp³-hybridized carbons (Fsp3) is 0.286. The lowest BCUT2D eigenvalue weighted by Gasteiger charge is -2.17. The van der Waals surface area contributed by atoms with Crippen LogP contribution >= 0.6 is 0 Å². The molecular formula is C21H20F2N2O. The second-order valence-corrected chi connectivity index (χ2v) is 6.76. The van der Waals surface area contributed by atoms with Gasteiger partial charge in [-0.1, -0.05) is 24.3 Å². The average molecular weight is 354 g/mol. The molecule has 1 aromatic heterocycles. The van der Waals surface area contributed by atoms with Gasteiger partial charge in [-0.05, 0) is 55.8 Å². The highest BCUT2D eigenvalue weighted by molar-refractivity contribution is 5.91. The van der Waals surface area contributed by atoms with Crippen LogP contribution in [0.4, 0.5) is 14.5 Å². The molecule has 0 unspecified atom stereocenters. The normalized spacial score (nSPS) is 14.0. The van der Waals surface area contributed by atoms with Crippen molar-refractivity contribution in [3.8, 4) is 16.9 Å². The fourth-order valence-electron chi connectivity index (χ4n) is 3.30. The molecule has 1 saturated carbocycles. The Morgan fingerprint density at radius 2 is 1.92 bits per heavy atom. The van der Waals surface area contributed by atoms with E-state index >= 15 is 0 Å². The number of halogens is 2. The first-order chi connectivity index (χ1) is 12.5. The molecule has 1 heterocycles. The van der Waals surface area contributed by atoms with Gasteiger partial charge >= 0.3 is 6.61 Å². The molecule has 1 N–H and O–H groups in total. The average Bonchev–Trinajstić information content (AvgIpc) is 3.39. The molecular weight excluding hydrogens is 334 g/mol. The summed E-state index contributed by atoms with van der Waals surface area (Å²) in [5, 5.41) is 5.38. The van der Waals surface area contributed by atoms with Gasteiger partial charge in [0.05, 0.1) is 5.69 Å². The minimum Gasteiger partial charge on any atom is -0.432 e. The summed E-state index contributed by atoms with van der Waals surface area (Å²) < 4.78 is 31.0. The maximum atomic E-state index is 13.0. The maximum Gasteiger partial charge on any atom is 0.387 e. The molecule has 1 fully saturated rings. The van der Waals surface area contributed by atoms with Crippen molar-refractivity contribution in [2.45, 2.75) is 39.3 Å². The zero-order valence-corrected chi connectivity index (χ0v) is 14.7. The Morgan fingerprint density at radius 3 is 2.65 bits per heavy atom. The zero-order valence-electron chi connectivity index (χ0n) is 14.7. The van der Waals surface area contributed by atoms with E-state index in [1.165, 1.54) is 0 Å². The van der Waals surface area contributed by atoms with Crippen molar-refractivity contribution >= 4 is 16.5 Å². The minimum absolute atomic E-state index is 0.205. The van der Waals surface area contributed by atoms with Crippen molar-refractivity contribution in [2.24, 2.45) is 0 Å². The second kappa shape index (κ2) is 6.56. The number of anilines is 1. The molecule has 0 atom stereocenters. The first kappa shape index (κ1) is 16.8. The van der Waals surface area contributed by atoms with Crippen LogP contribution in [0.2, 0.25) is 0 Å². The number of ether oxygens (including phenoxy) is 1. The van der Waals surface area contributed by atoms with Gasteiger partial charge < -0.3 is 10.1 Å². The van der Waals surface area contributed by atoms with Crippen LogP contribution in [0.25, 0.3) is 21.9 Å². The van der Waals surface area contributed by atoms with Crippen molar-refractivity contribution in [3.63, 3.8) is 0 Å². The van der Waals surface area contributed by atoms with Crippen LogP contribution in [0, 0.1) is 13.8 Å². The molecule has 1 aliphatic carbocycles. The molecule has 0 bridgehead atoms. The number of benzene rings is 2. The van der Waals surface area contributed by atoms with Gasteiger partial charge in [0.25, 0.3) is 0 Å². The van der Waals surface area contributed by atoms with Crippen molar-refractivity contribution < 1.29 is 13.5 Å². The van der Waals surface area contributed by atoms with Gasteiger partial charge in [-0.15, -0.1) is 0 Å². The van der Waals surface area contributed by atoms with Crippen LogP contribution in [0.3, 0.4) is 0 Å². The van der Waals surface area contributed by atoms with Gasteiger partial charge in [-0.3, -0.25) is 4.98 Å². The Hall–Kier alpha value is -2.69. The Morgan fingerprint density at radius 1 is 1.12 bits per heavy atom. The van der Waals surface area contributed by atoms with E-state index in [1.54, 1.807) is 6.07 Å². The Labute approximate surface area is 151 Å². The van der Waals surface area contributed by atoms with Crippen molar-refractivity contribution in [1.82, 2.24) is 4.98 Å². The van der Waals surface area contributed by atoms with Gasteiger partial charge in [0.1, 0.15) is 0 Å². The van der Waals surface area contributed by atoms with E-state index in [-0.39, 0.29) is 5.75 Å². The first-order valence-electron chi connectivity index (χ1n) is 8.74. The van der Waals surface area contributed by atoms with E-state index in [4.69, 9.17) is 4.74 Å². The molecule has 4 rings (SSSR count). The lowest BCUT2D eigenvalue weighted by molar-refractivity contribution is -0.0489. The molecule has 134 valence electrons. The number of nitrogens with one attached hydrogen (secondary N) is 1. The minimum atomic E-state index is -2.87. The summed E-state index contributed by atoms with van der Waals surface area (Å²) in [7, 11) is 0. The molecule has 2 aromatic carbocycles. The summed E-state index contributed by atoms with van der Waals surface area (Å²) in [6.07, 6.45) is 2.11. The number of aromatic nitrogens is 1. The molecule has 3 aromatic rings. The number of fused-ring (bicyclic) bond motifs is 1. The van der Waals surface area contributed by atoms with Crippen LogP contribution in [0.5, 0.6) is 5.75 Å². The van der Waals surface area contributed by atoms with E-state index < -0.39 is 6.61 Å². The Kier molecular flexibility index (Phi) is 4.23. The standard InChI is InChI=1S/C21H20F2N2O/c1-12-10-15-11-14(6-9-17(15)13(2)24-12)18-4-3-5-19(25-16-7-8-16)20(18)26-21(22)23/h3-6,9-11,16,21,25H,7-8H2,1-2H3. The number of nitrogens with zero attached hydrogens (tertiary/aromatic N) is 1. The molecule has 5 heteroatoms. The zero-order chi connectivity index (χ0) is 18.3. The third-order valence-corrected chi connectivity index (χ3v) is 4.62. The lowest BCUT2D eigenvalue weighted by Crippen LogP contribution is -2.08. The van der Waals surface area contributed by atoms with E-state index in [2.05, 4.69) is 10.3 Å². The lowest BCUT2D eigenvalue weighted by atomic mass is 9.99. The number of pyridine rings is 1. The monoisotopic (exact) mass is 354 g/mol. The third-order valence-electron chi connectivity index (χ3n) is 4.62. The molecule has 0 spiro atoms. The maximum absolute atomic E-state index is 13.0. The van der Waals surface area contributed by atoms with Gasteiger partial charge in [0, 0.05) is 28.4 Å². The van der Waals surface area contributed by atoms with E-state index in [1.807, 2.05) is 50.2 Å². The van der Waals surface area contributed by atoms with E-state index in [0.717, 1.165) is 40.6 Å². The predicted octanol–water partition coefficient (Wildman–Crippen LogP) is 5.69. The number of alkyl halides is 2. The molecule has 26 heavy (non-hydrogen) atoms. The van der Waals surface area contributed by atoms with Crippen LogP contribution < -0.4 is 10.1 Å². The summed E-state index contributed by atoms with van der Waals surface area (Å²) in [6, 6.07) is 13.7. The summed E-state index contributed by atoms with van der Waals surface area (Å²) >= 11 is 0. The smallest absolute Gasteiger partial charge is 0.387 e. The number of hydrogen-bond donors (Lipinski definition) is 1. The number of para-hydroxylation sites is 1. The van der Waals surface area contributed by atoms with Crippen LogP contribution in [0.1, 0.15) is 24.2 Å². The van der Waals surface area contributed by atoms with Gasteiger partial charge in [-0.25, -0.2) is 0 Å². The SMILES string of the molecule is Cc1cc2cc(-c3cccc(NC4CC4)c3OC(F)F)ccc2c(C)n1. The van der Waals surface area contributed by atoms with Crippen LogP contribution in [0.15, 0.2) is 42.5 Å². The molecule has 0 aliphatic heterocycles. The van der Waals surface area contributed by atoms with Crippen molar-refractivity contribution in [2.75, 3.05) is 5.32 Å². The quantitative estimate of drug-likeness (QED) is 0.639. The highest BCUT2D eigenvalue weighted by atomic mass is 19.3. The van der Waals surface area contributed by atoms with E-state index in [0.29, 0.717) is 17.3 Å². The topological polar surface area (TPSA) is 34.1 Å². The van der Waals surface area contributed by atoms with Crippen LogP contribution in [-0.2, 0) is 0 Å².